The fourth-order valence-electron chi connectivity index (χ4n) is 7.26. The lowest BCUT2D eigenvalue weighted by Crippen LogP contribution is -2.05. The molecule has 0 atom stereocenters. The van der Waals surface area contributed by atoms with Gasteiger partial charge in [-0.25, -0.2) is 0 Å². The number of esters is 2. The summed E-state index contributed by atoms with van der Waals surface area (Å²) in [5.41, 5.74) is 0. The largest absolute Gasteiger partial charge is 0.466 e. The van der Waals surface area contributed by atoms with E-state index in [2.05, 4.69) is 39.8 Å². The molecule has 0 N–H and O–H groups in total. The van der Waals surface area contributed by atoms with E-state index < -0.39 is 0 Å². The minimum atomic E-state index is 0.00979. The summed E-state index contributed by atoms with van der Waals surface area (Å²) >= 11 is 0. The Labute approximate surface area is 352 Å². The van der Waals surface area contributed by atoms with Crippen LogP contribution in [0.15, 0.2) is 12.2 Å². The molecule has 56 heavy (non-hydrogen) atoms. The number of carbonyl (C=O) groups is 2. The van der Waals surface area contributed by atoms with Gasteiger partial charge in [-0.1, -0.05) is 245 Å². The summed E-state index contributed by atoms with van der Waals surface area (Å²) in [4.78, 5) is 23.4. The van der Waals surface area contributed by atoms with E-state index in [1.54, 1.807) is 0 Å². The lowest BCUT2D eigenvalue weighted by molar-refractivity contribution is -0.144. The molecule has 334 valence electrons. The van der Waals surface area contributed by atoms with Gasteiger partial charge in [0.05, 0.1) is 13.2 Å². The Bertz CT molecular complexity index is 762. The molecule has 0 spiro atoms. The van der Waals surface area contributed by atoms with Crippen LogP contribution in [0.4, 0.5) is 0 Å². The second kappa shape index (κ2) is 53.7. The summed E-state index contributed by atoms with van der Waals surface area (Å²) in [7, 11) is 0. The Morgan fingerprint density at radius 3 is 0.768 bits per heavy atom. The van der Waals surface area contributed by atoms with Crippen molar-refractivity contribution in [3.05, 3.63) is 12.2 Å². The zero-order chi connectivity index (χ0) is 41.1. The first-order valence-corrected chi connectivity index (χ1v) is 25.6. The molecule has 0 saturated heterocycles. The van der Waals surface area contributed by atoms with Crippen molar-refractivity contribution >= 4 is 11.9 Å². The first kappa shape index (κ1) is 56.8. The number of hydrogen-bond acceptors (Lipinski definition) is 4. The zero-order valence-electron chi connectivity index (χ0n) is 38.9. The van der Waals surface area contributed by atoms with Crippen LogP contribution in [0, 0.1) is 0 Å². The van der Waals surface area contributed by atoms with Gasteiger partial charge in [-0.05, 0) is 51.4 Å². The summed E-state index contributed by atoms with van der Waals surface area (Å²) in [5.74, 6) is 0.0252. The van der Waals surface area contributed by atoms with Crippen molar-refractivity contribution in [1.29, 1.82) is 0 Å². The quantitative estimate of drug-likeness (QED) is 0.0350. The summed E-state index contributed by atoms with van der Waals surface area (Å²) in [6.07, 6.45) is 57.9. The molecule has 0 aliphatic heterocycles. The molecule has 0 aromatic rings. The topological polar surface area (TPSA) is 52.6 Å². The summed E-state index contributed by atoms with van der Waals surface area (Å²) in [5, 5.41) is 0. The number of hydrogen-bond donors (Lipinski definition) is 0. The van der Waals surface area contributed by atoms with Crippen LogP contribution in [0.2, 0.25) is 0 Å². The maximum Gasteiger partial charge on any atom is 0.305 e. The third-order valence-corrected chi connectivity index (χ3v) is 11.1. The van der Waals surface area contributed by atoms with E-state index in [-0.39, 0.29) is 11.9 Å². The lowest BCUT2D eigenvalue weighted by Gasteiger charge is -2.05. The molecule has 0 aromatic carbocycles. The van der Waals surface area contributed by atoms with Gasteiger partial charge < -0.3 is 9.47 Å². The molecule has 0 bridgehead atoms. The minimum Gasteiger partial charge on any atom is -0.466 e. The highest BCUT2D eigenvalue weighted by Crippen LogP contribution is 2.14. The lowest BCUT2D eigenvalue weighted by atomic mass is 10.0. The van der Waals surface area contributed by atoms with Gasteiger partial charge in [0.2, 0.25) is 0 Å². The highest BCUT2D eigenvalue weighted by molar-refractivity contribution is 5.69. The second-order valence-electron chi connectivity index (χ2n) is 17.0. The smallest absolute Gasteiger partial charge is 0.305 e. The van der Waals surface area contributed by atoms with Crippen molar-refractivity contribution in [2.75, 3.05) is 13.2 Å². The molecule has 0 rings (SSSR count). The number of allylic oxidation sites excluding steroid dienone is 2. The standard InChI is InChI=1S/C28H54O2.C24H48O2/c1-3-5-7-9-11-13-14-15-16-17-18-19-20-22-24-26-28(29)30-27-25-23-21-12-10-8-6-4-2;1-3-5-7-9-11-12-13-14-15-16-17-18-20-22-24(25)26-23-21-19-10-8-6-4-2/h15-16H,3-14,17-27H2,1-2H3;3-23H2,1-2H3. The zero-order valence-corrected chi connectivity index (χ0v) is 38.9. The van der Waals surface area contributed by atoms with Crippen molar-refractivity contribution in [2.45, 2.75) is 297 Å². The van der Waals surface area contributed by atoms with Crippen LogP contribution in [0.3, 0.4) is 0 Å². The van der Waals surface area contributed by atoms with E-state index in [1.807, 2.05) is 0 Å². The fraction of sp³-hybridized carbons (Fsp3) is 0.923. The van der Waals surface area contributed by atoms with Crippen LogP contribution in [-0.2, 0) is 19.1 Å². The third kappa shape index (κ3) is 54.8. The van der Waals surface area contributed by atoms with Crippen LogP contribution < -0.4 is 0 Å². The Hall–Kier alpha value is -1.32. The van der Waals surface area contributed by atoms with Crippen molar-refractivity contribution in [1.82, 2.24) is 0 Å². The first-order chi connectivity index (χ1) is 27.6. The molecule has 0 aliphatic rings. The SMILES string of the molecule is CCCCCCCCC=CCCCCCCCC(=O)OCCCCCCCCCC.CCCCCCCCCCCCCCCC(=O)OCCCCCCCC. The molecule has 0 radical (unpaired) electrons. The van der Waals surface area contributed by atoms with Crippen LogP contribution in [0.1, 0.15) is 297 Å². The maximum absolute atomic E-state index is 11.8. The van der Waals surface area contributed by atoms with Crippen LogP contribution >= 0.6 is 0 Å². The van der Waals surface area contributed by atoms with E-state index in [1.165, 1.54) is 225 Å². The average Bonchev–Trinajstić information content (AvgIpc) is 3.20. The molecule has 0 aliphatic carbocycles. The predicted octanol–water partition coefficient (Wildman–Crippen LogP) is 18.1. The van der Waals surface area contributed by atoms with Gasteiger partial charge in [-0.15, -0.1) is 0 Å². The number of rotatable bonds is 45. The van der Waals surface area contributed by atoms with Crippen molar-refractivity contribution in [3.63, 3.8) is 0 Å². The van der Waals surface area contributed by atoms with Crippen LogP contribution in [0.5, 0.6) is 0 Å². The molecular weight excluding hydrogens is 689 g/mol. The predicted molar refractivity (Wildman–Crippen MR) is 248 cm³/mol. The van der Waals surface area contributed by atoms with Crippen molar-refractivity contribution < 1.29 is 19.1 Å². The van der Waals surface area contributed by atoms with E-state index in [9.17, 15) is 9.59 Å². The van der Waals surface area contributed by atoms with Gasteiger partial charge in [0.15, 0.2) is 0 Å². The van der Waals surface area contributed by atoms with E-state index in [0.717, 1.165) is 32.1 Å². The highest BCUT2D eigenvalue weighted by atomic mass is 16.5. The van der Waals surface area contributed by atoms with Crippen LogP contribution in [0.25, 0.3) is 0 Å². The maximum atomic E-state index is 11.8. The number of unbranched alkanes of at least 4 members (excludes halogenated alkanes) is 35. The van der Waals surface area contributed by atoms with Gasteiger partial charge >= 0.3 is 11.9 Å². The van der Waals surface area contributed by atoms with Crippen LogP contribution in [-0.4, -0.2) is 25.2 Å². The van der Waals surface area contributed by atoms with Gasteiger partial charge in [0, 0.05) is 12.8 Å². The summed E-state index contributed by atoms with van der Waals surface area (Å²) in [6.45, 7) is 10.3. The Morgan fingerprint density at radius 1 is 0.286 bits per heavy atom. The van der Waals surface area contributed by atoms with E-state index in [0.29, 0.717) is 26.1 Å². The Balaban J connectivity index is 0. The van der Waals surface area contributed by atoms with E-state index >= 15 is 0 Å². The number of carbonyl (C=O) groups excluding carboxylic acids is 2. The highest BCUT2D eigenvalue weighted by Gasteiger charge is 2.04. The summed E-state index contributed by atoms with van der Waals surface area (Å²) in [6, 6.07) is 0. The molecule has 0 saturated carbocycles. The molecule has 4 heteroatoms. The molecular formula is C52H102O4. The van der Waals surface area contributed by atoms with Gasteiger partial charge in [-0.2, -0.15) is 0 Å². The average molecular weight is 791 g/mol. The molecule has 0 fully saturated rings. The Kier molecular flexibility index (Phi) is 54.4. The normalized spacial score (nSPS) is 11.2. The summed E-state index contributed by atoms with van der Waals surface area (Å²) < 4.78 is 10.7. The van der Waals surface area contributed by atoms with E-state index in [4.69, 9.17) is 9.47 Å². The Morgan fingerprint density at radius 2 is 0.500 bits per heavy atom. The minimum absolute atomic E-state index is 0.00979. The monoisotopic (exact) mass is 791 g/mol. The molecule has 0 heterocycles. The number of ether oxygens (including phenoxy) is 2. The van der Waals surface area contributed by atoms with Gasteiger partial charge in [0.1, 0.15) is 0 Å². The molecule has 0 amide bonds. The molecule has 0 aromatic heterocycles. The fourth-order valence-corrected chi connectivity index (χ4v) is 7.26. The van der Waals surface area contributed by atoms with Crippen molar-refractivity contribution in [3.8, 4) is 0 Å². The van der Waals surface area contributed by atoms with Gasteiger partial charge in [0.25, 0.3) is 0 Å². The molecule has 0 unspecified atom stereocenters. The van der Waals surface area contributed by atoms with Crippen molar-refractivity contribution in [2.24, 2.45) is 0 Å². The molecule has 4 nitrogen and oxygen atoms in total. The third-order valence-electron chi connectivity index (χ3n) is 11.1. The first-order valence-electron chi connectivity index (χ1n) is 25.6. The second-order valence-corrected chi connectivity index (χ2v) is 17.0. The van der Waals surface area contributed by atoms with Gasteiger partial charge in [-0.3, -0.25) is 9.59 Å².